The Labute approximate surface area is 143 Å². The summed E-state index contributed by atoms with van der Waals surface area (Å²) in [5.41, 5.74) is 1.17. The third-order valence-corrected chi connectivity index (χ3v) is 4.79. The zero-order valence-corrected chi connectivity index (χ0v) is 14.4. The van der Waals surface area contributed by atoms with Crippen LogP contribution in [0.3, 0.4) is 0 Å². The highest BCUT2D eigenvalue weighted by Gasteiger charge is 2.27. The van der Waals surface area contributed by atoms with Crippen LogP contribution in [0.5, 0.6) is 5.75 Å². The van der Waals surface area contributed by atoms with Crippen molar-refractivity contribution in [2.75, 3.05) is 13.7 Å². The molecule has 0 unspecified atom stereocenters. The summed E-state index contributed by atoms with van der Waals surface area (Å²) >= 11 is 0. The number of aryl methyl sites for hydroxylation is 2. The third-order valence-electron chi connectivity index (χ3n) is 4.79. The maximum absolute atomic E-state index is 12.8. The van der Waals surface area contributed by atoms with Crippen LogP contribution in [0.15, 0.2) is 36.7 Å². The van der Waals surface area contributed by atoms with Crippen LogP contribution in [0, 0.1) is 6.92 Å². The molecule has 1 amide bonds. The minimum absolute atomic E-state index is 0.158. The summed E-state index contributed by atoms with van der Waals surface area (Å²) in [6, 6.07) is 8.25. The molecule has 1 aromatic carbocycles. The highest BCUT2D eigenvalue weighted by Crippen LogP contribution is 2.33. The average Bonchev–Trinajstić information content (AvgIpc) is 3.04. The van der Waals surface area contributed by atoms with E-state index in [2.05, 4.69) is 17.1 Å². The summed E-state index contributed by atoms with van der Waals surface area (Å²) in [7, 11) is 1.68. The monoisotopic (exact) mass is 327 g/mol. The summed E-state index contributed by atoms with van der Waals surface area (Å²) in [6.45, 7) is 3.49. The lowest BCUT2D eigenvalue weighted by Gasteiger charge is -2.36. The number of carbonyl (C=O) groups is 1. The number of likely N-dealkylation sites (tertiary alicyclic amines) is 1. The van der Waals surface area contributed by atoms with Crippen molar-refractivity contribution >= 4 is 5.91 Å². The molecule has 1 atom stereocenters. The first-order valence-corrected chi connectivity index (χ1v) is 8.60. The molecule has 0 saturated carbocycles. The Bertz CT molecular complexity index is 695. The molecule has 2 heterocycles. The Balaban J connectivity index is 1.71. The summed E-state index contributed by atoms with van der Waals surface area (Å²) in [5, 5.41) is 0. The van der Waals surface area contributed by atoms with Gasteiger partial charge in [0.25, 0.3) is 0 Å². The Morgan fingerprint density at radius 1 is 1.38 bits per heavy atom. The third kappa shape index (κ3) is 3.61. The van der Waals surface area contributed by atoms with Gasteiger partial charge in [-0.05, 0) is 43.9 Å². The van der Waals surface area contributed by atoms with E-state index in [1.54, 1.807) is 13.3 Å². The molecule has 0 spiro atoms. The summed E-state index contributed by atoms with van der Waals surface area (Å²) in [4.78, 5) is 19.1. The lowest BCUT2D eigenvalue weighted by Crippen LogP contribution is -2.38. The van der Waals surface area contributed by atoms with Gasteiger partial charge in [0.05, 0.1) is 13.2 Å². The second-order valence-corrected chi connectivity index (χ2v) is 6.29. The van der Waals surface area contributed by atoms with Crippen LogP contribution in [0.2, 0.25) is 0 Å². The van der Waals surface area contributed by atoms with Gasteiger partial charge in [0.15, 0.2) is 0 Å². The van der Waals surface area contributed by atoms with Crippen molar-refractivity contribution in [3.8, 4) is 5.75 Å². The van der Waals surface area contributed by atoms with Crippen molar-refractivity contribution < 1.29 is 9.53 Å². The molecule has 0 N–H and O–H groups in total. The predicted octanol–water partition coefficient (Wildman–Crippen LogP) is 3.34. The number of nitrogens with zero attached hydrogens (tertiary/aromatic N) is 3. The fourth-order valence-electron chi connectivity index (χ4n) is 3.43. The molecule has 1 saturated heterocycles. The van der Waals surface area contributed by atoms with E-state index in [-0.39, 0.29) is 11.9 Å². The van der Waals surface area contributed by atoms with Gasteiger partial charge in [-0.3, -0.25) is 4.79 Å². The highest BCUT2D eigenvalue weighted by molar-refractivity contribution is 5.76. The van der Waals surface area contributed by atoms with E-state index in [1.807, 2.05) is 34.7 Å². The van der Waals surface area contributed by atoms with Gasteiger partial charge in [-0.1, -0.05) is 12.1 Å². The van der Waals surface area contributed by atoms with Crippen molar-refractivity contribution in [3.05, 3.63) is 48.0 Å². The number of rotatable bonds is 5. The summed E-state index contributed by atoms with van der Waals surface area (Å²) < 4.78 is 7.37. The SMILES string of the molecule is COc1cccc([C@@H]2CCCCN2C(=O)CCn2ccnc2C)c1. The summed E-state index contributed by atoms with van der Waals surface area (Å²) in [5.74, 6) is 2.01. The molecule has 0 aliphatic carbocycles. The van der Waals surface area contributed by atoms with E-state index in [0.717, 1.165) is 37.4 Å². The molecular weight excluding hydrogens is 302 g/mol. The number of carbonyl (C=O) groups excluding carboxylic acids is 1. The Morgan fingerprint density at radius 3 is 3.00 bits per heavy atom. The van der Waals surface area contributed by atoms with Crippen molar-refractivity contribution in [2.24, 2.45) is 0 Å². The Kier molecular flexibility index (Phi) is 5.18. The Hall–Kier alpha value is -2.30. The number of amides is 1. The van der Waals surface area contributed by atoms with Gasteiger partial charge in [0.2, 0.25) is 5.91 Å². The lowest BCUT2D eigenvalue weighted by molar-refractivity contribution is -0.135. The first-order chi connectivity index (χ1) is 11.7. The van der Waals surface area contributed by atoms with E-state index in [1.165, 1.54) is 5.56 Å². The minimum Gasteiger partial charge on any atom is -0.497 e. The van der Waals surface area contributed by atoms with Crippen molar-refractivity contribution in [3.63, 3.8) is 0 Å². The van der Waals surface area contributed by atoms with Gasteiger partial charge in [-0.15, -0.1) is 0 Å². The molecule has 1 aliphatic heterocycles. The standard InChI is InChI=1S/C19H25N3O2/c1-15-20-10-13-21(15)12-9-19(23)22-11-4-3-8-18(22)16-6-5-7-17(14-16)24-2/h5-7,10,13-14,18H,3-4,8-9,11-12H2,1-2H3/t18-/m0/s1. The number of hydrogen-bond acceptors (Lipinski definition) is 3. The molecule has 1 fully saturated rings. The molecule has 0 bridgehead atoms. The number of methoxy groups -OCH3 is 1. The van der Waals surface area contributed by atoms with Gasteiger partial charge in [-0.2, -0.15) is 0 Å². The predicted molar refractivity (Wildman–Crippen MR) is 92.9 cm³/mol. The van der Waals surface area contributed by atoms with Gasteiger partial charge in [0, 0.05) is 31.9 Å². The van der Waals surface area contributed by atoms with Crippen molar-refractivity contribution in [1.82, 2.24) is 14.5 Å². The van der Waals surface area contributed by atoms with Crippen LogP contribution in [0.25, 0.3) is 0 Å². The molecule has 1 aliphatic rings. The quantitative estimate of drug-likeness (QED) is 0.846. The summed E-state index contributed by atoms with van der Waals surface area (Å²) in [6.07, 6.45) is 7.47. The molecule has 3 rings (SSSR count). The van der Waals surface area contributed by atoms with E-state index < -0.39 is 0 Å². The largest absolute Gasteiger partial charge is 0.497 e. The first-order valence-electron chi connectivity index (χ1n) is 8.60. The van der Waals surface area contributed by atoms with Gasteiger partial charge in [0.1, 0.15) is 11.6 Å². The zero-order chi connectivity index (χ0) is 16.9. The normalized spacial score (nSPS) is 17.8. The van der Waals surface area contributed by atoms with Crippen LogP contribution in [0.4, 0.5) is 0 Å². The number of imidazole rings is 1. The molecular formula is C19H25N3O2. The molecule has 2 aromatic rings. The highest BCUT2D eigenvalue weighted by atomic mass is 16.5. The number of piperidine rings is 1. The number of aromatic nitrogens is 2. The van der Waals surface area contributed by atoms with Crippen molar-refractivity contribution in [1.29, 1.82) is 0 Å². The fourth-order valence-corrected chi connectivity index (χ4v) is 3.43. The average molecular weight is 327 g/mol. The fraction of sp³-hybridized carbons (Fsp3) is 0.474. The first kappa shape index (κ1) is 16.6. The van der Waals surface area contributed by atoms with Crippen LogP contribution in [-0.4, -0.2) is 34.0 Å². The molecule has 0 radical (unpaired) electrons. The molecule has 128 valence electrons. The van der Waals surface area contributed by atoms with Crippen LogP contribution in [-0.2, 0) is 11.3 Å². The zero-order valence-electron chi connectivity index (χ0n) is 14.4. The van der Waals surface area contributed by atoms with Gasteiger partial charge < -0.3 is 14.2 Å². The lowest BCUT2D eigenvalue weighted by atomic mass is 9.94. The van der Waals surface area contributed by atoms with Crippen LogP contribution < -0.4 is 4.74 Å². The second kappa shape index (κ2) is 7.51. The Morgan fingerprint density at radius 2 is 2.25 bits per heavy atom. The molecule has 1 aromatic heterocycles. The number of benzene rings is 1. The van der Waals surface area contributed by atoms with Crippen LogP contribution in [0.1, 0.15) is 43.1 Å². The van der Waals surface area contributed by atoms with Crippen molar-refractivity contribution in [2.45, 2.75) is 45.2 Å². The van der Waals surface area contributed by atoms with E-state index in [9.17, 15) is 4.79 Å². The number of ether oxygens (including phenoxy) is 1. The smallest absolute Gasteiger partial charge is 0.224 e. The van der Waals surface area contributed by atoms with Gasteiger partial charge in [-0.25, -0.2) is 4.98 Å². The number of hydrogen-bond donors (Lipinski definition) is 0. The molecule has 5 nitrogen and oxygen atoms in total. The molecule has 24 heavy (non-hydrogen) atoms. The minimum atomic E-state index is 0.158. The maximum Gasteiger partial charge on any atom is 0.224 e. The van der Waals surface area contributed by atoms with E-state index in [0.29, 0.717) is 13.0 Å². The van der Waals surface area contributed by atoms with E-state index in [4.69, 9.17) is 4.74 Å². The van der Waals surface area contributed by atoms with Gasteiger partial charge >= 0.3 is 0 Å². The second-order valence-electron chi connectivity index (χ2n) is 6.29. The maximum atomic E-state index is 12.8. The van der Waals surface area contributed by atoms with Crippen LogP contribution >= 0.6 is 0 Å². The topological polar surface area (TPSA) is 47.4 Å². The van der Waals surface area contributed by atoms with E-state index >= 15 is 0 Å². The molecule has 5 heteroatoms.